The molecule has 0 aliphatic carbocycles. The molecule has 0 spiro atoms. The largest absolute Gasteiger partial charge is 0.417 e. The van der Waals surface area contributed by atoms with E-state index in [4.69, 9.17) is 4.52 Å². The topological polar surface area (TPSA) is 71.8 Å². The van der Waals surface area contributed by atoms with Crippen LogP contribution in [0.15, 0.2) is 76.2 Å². The molecular weight excluding hydrogens is 371 g/mol. The fraction of sp³-hybridized carbons (Fsp3) is 0.0500. The molecule has 0 atom stereocenters. The number of nitrogens with zero attached hydrogens (tertiary/aromatic N) is 2. The van der Waals surface area contributed by atoms with Crippen LogP contribution >= 0.6 is 0 Å². The Kier molecular flexibility index (Phi) is 4.31. The van der Waals surface area contributed by atoms with Crippen LogP contribution in [0.5, 0.6) is 0 Å². The van der Waals surface area contributed by atoms with Gasteiger partial charge in [-0.1, -0.05) is 47.6 Å². The van der Waals surface area contributed by atoms with E-state index in [1.165, 1.54) is 30.5 Å². The van der Waals surface area contributed by atoms with E-state index in [0.29, 0.717) is 11.1 Å². The number of rotatable bonds is 3. The van der Waals surface area contributed by atoms with Gasteiger partial charge in [-0.3, -0.25) is 4.79 Å². The lowest BCUT2D eigenvalue weighted by Crippen LogP contribution is -2.07. The second-order valence-electron chi connectivity index (χ2n) is 5.99. The van der Waals surface area contributed by atoms with Crippen LogP contribution in [0.3, 0.4) is 0 Å². The van der Waals surface area contributed by atoms with E-state index < -0.39 is 11.7 Å². The first-order chi connectivity index (χ1) is 13.4. The minimum Gasteiger partial charge on any atom is -0.334 e. The fourth-order valence-corrected chi connectivity index (χ4v) is 2.79. The predicted octanol–water partition coefficient (Wildman–Crippen LogP) is 4.78. The van der Waals surface area contributed by atoms with Crippen molar-refractivity contribution in [3.05, 3.63) is 82.8 Å². The highest BCUT2D eigenvalue weighted by atomic mass is 19.4. The summed E-state index contributed by atoms with van der Waals surface area (Å²) in [5, 5.41) is 3.77. The van der Waals surface area contributed by atoms with Crippen molar-refractivity contribution in [3.63, 3.8) is 0 Å². The molecule has 5 nitrogen and oxygen atoms in total. The monoisotopic (exact) mass is 383 g/mol. The van der Waals surface area contributed by atoms with Crippen molar-refractivity contribution < 1.29 is 17.7 Å². The van der Waals surface area contributed by atoms with Gasteiger partial charge in [-0.15, -0.1) is 0 Å². The highest BCUT2D eigenvalue weighted by Gasteiger charge is 2.34. The van der Waals surface area contributed by atoms with E-state index >= 15 is 0 Å². The average molecular weight is 383 g/mol. The number of hydrogen-bond acceptors (Lipinski definition) is 4. The quantitative estimate of drug-likeness (QED) is 0.553. The summed E-state index contributed by atoms with van der Waals surface area (Å²) in [6.45, 7) is 0. The van der Waals surface area contributed by atoms with E-state index in [-0.39, 0.29) is 28.4 Å². The summed E-state index contributed by atoms with van der Waals surface area (Å²) in [6.07, 6.45) is -3.16. The number of alkyl halides is 3. The Balaban J connectivity index is 1.77. The molecule has 0 bridgehead atoms. The Bertz CT molecular complexity index is 1160. The molecule has 0 unspecified atom stereocenters. The highest BCUT2D eigenvalue weighted by Crippen LogP contribution is 2.39. The van der Waals surface area contributed by atoms with Crippen LogP contribution in [0.1, 0.15) is 5.56 Å². The molecule has 8 heteroatoms. The van der Waals surface area contributed by atoms with Crippen molar-refractivity contribution in [2.24, 2.45) is 0 Å². The van der Waals surface area contributed by atoms with Crippen molar-refractivity contribution >= 4 is 0 Å². The van der Waals surface area contributed by atoms with Gasteiger partial charge in [-0.2, -0.15) is 18.2 Å². The van der Waals surface area contributed by atoms with Crippen LogP contribution in [0.2, 0.25) is 0 Å². The van der Waals surface area contributed by atoms with E-state index in [9.17, 15) is 18.0 Å². The van der Waals surface area contributed by atoms with Crippen LogP contribution in [0.4, 0.5) is 13.2 Å². The molecule has 2 aromatic heterocycles. The van der Waals surface area contributed by atoms with Crippen molar-refractivity contribution in [2.45, 2.75) is 6.18 Å². The highest BCUT2D eigenvalue weighted by molar-refractivity contribution is 5.72. The van der Waals surface area contributed by atoms with E-state index in [0.717, 1.165) is 6.07 Å². The molecule has 1 N–H and O–H groups in total. The number of aromatic amines is 1. The summed E-state index contributed by atoms with van der Waals surface area (Å²) >= 11 is 0. The lowest BCUT2D eigenvalue weighted by molar-refractivity contribution is -0.137. The van der Waals surface area contributed by atoms with Crippen molar-refractivity contribution in [1.29, 1.82) is 0 Å². The molecule has 0 fully saturated rings. The first kappa shape index (κ1) is 17.7. The number of nitrogens with one attached hydrogen (secondary N) is 1. The van der Waals surface area contributed by atoms with Gasteiger partial charge in [0.2, 0.25) is 11.4 Å². The molecule has 4 aromatic rings. The molecule has 0 radical (unpaired) electrons. The first-order valence-corrected chi connectivity index (χ1v) is 8.22. The van der Waals surface area contributed by atoms with E-state index in [1.54, 1.807) is 30.3 Å². The lowest BCUT2D eigenvalue weighted by Gasteiger charge is -2.14. The minimum atomic E-state index is -4.55. The molecule has 0 saturated heterocycles. The van der Waals surface area contributed by atoms with E-state index in [1.807, 2.05) is 0 Å². The molecule has 2 aromatic carbocycles. The summed E-state index contributed by atoms with van der Waals surface area (Å²) in [5.41, 5.74) is 0.0766. The van der Waals surface area contributed by atoms with Gasteiger partial charge in [-0.05, 0) is 23.3 Å². The summed E-state index contributed by atoms with van der Waals surface area (Å²) in [5.74, 6) is 0.109. The van der Waals surface area contributed by atoms with Gasteiger partial charge in [0.05, 0.1) is 11.1 Å². The molecule has 4 rings (SSSR count). The third-order valence-corrected chi connectivity index (χ3v) is 4.13. The molecule has 0 aliphatic heterocycles. The average Bonchev–Trinajstić information content (AvgIpc) is 3.18. The summed E-state index contributed by atoms with van der Waals surface area (Å²) in [4.78, 5) is 17.7. The van der Waals surface area contributed by atoms with Gasteiger partial charge in [0, 0.05) is 17.8 Å². The van der Waals surface area contributed by atoms with Gasteiger partial charge < -0.3 is 9.51 Å². The molecule has 0 amide bonds. The third kappa shape index (κ3) is 3.44. The Morgan fingerprint density at radius 2 is 1.64 bits per heavy atom. The predicted molar refractivity (Wildman–Crippen MR) is 96.2 cm³/mol. The van der Waals surface area contributed by atoms with Gasteiger partial charge in [0.25, 0.3) is 5.89 Å². The molecular formula is C20H12F3N3O2. The maximum atomic E-state index is 13.6. The maximum absolute atomic E-state index is 13.6. The van der Waals surface area contributed by atoms with Crippen LogP contribution in [0.25, 0.3) is 34.0 Å². The normalized spacial score (nSPS) is 11.5. The van der Waals surface area contributed by atoms with Gasteiger partial charge in [-0.25, -0.2) is 0 Å². The van der Waals surface area contributed by atoms with Gasteiger partial charge in [0.1, 0.15) is 0 Å². The molecule has 28 heavy (non-hydrogen) atoms. The standard InChI is InChI=1S/C20H12F3N3O2/c21-20(22,23)16-10-13(6-8-15(16)12-4-2-1-3-5-12)18-25-19(28-26-18)14-7-9-17(27)24-11-14/h1-11H,(H,24,27). The minimum absolute atomic E-state index is 0.0197. The third-order valence-electron chi connectivity index (χ3n) is 4.13. The molecule has 0 saturated carbocycles. The Hall–Kier alpha value is -3.68. The first-order valence-electron chi connectivity index (χ1n) is 8.22. The van der Waals surface area contributed by atoms with Crippen molar-refractivity contribution in [2.75, 3.05) is 0 Å². The SMILES string of the molecule is O=c1ccc(-c2nc(-c3ccc(-c4ccccc4)c(C(F)(F)F)c3)no2)c[nH]1. The second kappa shape index (κ2) is 6.80. The number of aromatic nitrogens is 3. The zero-order valence-corrected chi connectivity index (χ0v) is 14.2. The summed E-state index contributed by atoms with van der Waals surface area (Å²) in [6, 6.07) is 15.0. The zero-order valence-electron chi connectivity index (χ0n) is 14.2. The summed E-state index contributed by atoms with van der Waals surface area (Å²) in [7, 11) is 0. The van der Waals surface area contributed by atoms with Gasteiger partial charge >= 0.3 is 6.18 Å². The molecule has 2 heterocycles. The maximum Gasteiger partial charge on any atom is 0.417 e. The number of benzene rings is 2. The fourth-order valence-electron chi connectivity index (χ4n) is 2.79. The lowest BCUT2D eigenvalue weighted by atomic mass is 9.97. The molecule has 0 aliphatic rings. The number of halogens is 3. The van der Waals surface area contributed by atoms with Crippen LogP contribution in [-0.4, -0.2) is 15.1 Å². The zero-order chi connectivity index (χ0) is 19.7. The number of hydrogen-bond donors (Lipinski definition) is 1. The van der Waals surface area contributed by atoms with Crippen molar-refractivity contribution in [3.8, 4) is 34.0 Å². The number of H-pyrrole nitrogens is 1. The van der Waals surface area contributed by atoms with E-state index in [2.05, 4.69) is 15.1 Å². The number of pyridine rings is 1. The molecule has 140 valence electrons. The Labute approximate surface area is 156 Å². The van der Waals surface area contributed by atoms with Crippen LogP contribution in [0, 0.1) is 0 Å². The Morgan fingerprint density at radius 3 is 2.32 bits per heavy atom. The van der Waals surface area contributed by atoms with Crippen LogP contribution in [-0.2, 0) is 6.18 Å². The van der Waals surface area contributed by atoms with Gasteiger partial charge in [0.15, 0.2) is 0 Å². The van der Waals surface area contributed by atoms with Crippen molar-refractivity contribution in [1.82, 2.24) is 15.1 Å². The van der Waals surface area contributed by atoms with Crippen LogP contribution < -0.4 is 5.56 Å². The smallest absolute Gasteiger partial charge is 0.334 e. The second-order valence-corrected chi connectivity index (χ2v) is 5.99. The summed E-state index contributed by atoms with van der Waals surface area (Å²) < 4.78 is 46.0. The Morgan fingerprint density at radius 1 is 0.893 bits per heavy atom.